The number of carbonyl (C=O) groups excluding carboxylic acids is 2. The zero-order chi connectivity index (χ0) is 21.8. The van der Waals surface area contributed by atoms with Crippen molar-refractivity contribution in [1.82, 2.24) is 0 Å². The van der Waals surface area contributed by atoms with Crippen molar-refractivity contribution in [3.63, 3.8) is 0 Å². The molecule has 0 bridgehead atoms. The van der Waals surface area contributed by atoms with Crippen LogP contribution in [0.5, 0.6) is 11.5 Å². The van der Waals surface area contributed by atoms with Crippen molar-refractivity contribution >= 4 is 11.6 Å². The second-order valence-electron chi connectivity index (χ2n) is 6.83. The number of carbonyl (C=O) groups is 2. The van der Waals surface area contributed by atoms with Crippen LogP contribution in [0.2, 0.25) is 0 Å². The molecule has 0 saturated carbocycles. The number of halogens is 2. The summed E-state index contributed by atoms with van der Waals surface area (Å²) < 4.78 is 31.9. The van der Waals surface area contributed by atoms with Crippen molar-refractivity contribution in [2.45, 2.75) is 0 Å². The first-order valence-corrected chi connectivity index (χ1v) is 9.48. The zero-order valence-electron chi connectivity index (χ0n) is 16.2. The molecule has 0 aliphatic heterocycles. The second-order valence-corrected chi connectivity index (χ2v) is 6.83. The Hall–Kier alpha value is -4.12. The van der Waals surface area contributed by atoms with E-state index in [-0.39, 0.29) is 11.6 Å². The Kier molecular flexibility index (Phi) is 5.67. The van der Waals surface area contributed by atoms with Crippen LogP contribution in [0.25, 0.3) is 0 Å². The SMILES string of the molecule is O=C(c1ccc(F)cc1)c1ccc(Oc2cccc(C(=O)c3ccc(F)cc3)c2)cc1. The molecule has 0 spiro atoms. The number of hydrogen-bond donors (Lipinski definition) is 0. The Morgan fingerprint density at radius 1 is 0.516 bits per heavy atom. The molecule has 31 heavy (non-hydrogen) atoms. The number of ether oxygens (including phenoxy) is 1. The Bertz CT molecular complexity index is 1230. The van der Waals surface area contributed by atoms with Gasteiger partial charge in [-0.1, -0.05) is 12.1 Å². The number of rotatable bonds is 6. The lowest BCUT2D eigenvalue weighted by Gasteiger charge is -2.08. The van der Waals surface area contributed by atoms with E-state index < -0.39 is 11.6 Å². The van der Waals surface area contributed by atoms with Crippen molar-refractivity contribution in [2.75, 3.05) is 0 Å². The topological polar surface area (TPSA) is 43.4 Å². The third kappa shape index (κ3) is 4.73. The van der Waals surface area contributed by atoms with Gasteiger partial charge >= 0.3 is 0 Å². The van der Waals surface area contributed by atoms with E-state index in [1.54, 1.807) is 48.5 Å². The van der Waals surface area contributed by atoms with Gasteiger partial charge in [-0.3, -0.25) is 9.59 Å². The molecule has 0 unspecified atom stereocenters. The van der Waals surface area contributed by atoms with Crippen LogP contribution in [0.15, 0.2) is 97.1 Å². The highest BCUT2D eigenvalue weighted by atomic mass is 19.1. The molecule has 152 valence electrons. The minimum atomic E-state index is -0.407. The van der Waals surface area contributed by atoms with E-state index in [0.29, 0.717) is 33.8 Å². The average molecular weight is 414 g/mol. The van der Waals surface area contributed by atoms with Crippen LogP contribution in [0, 0.1) is 11.6 Å². The van der Waals surface area contributed by atoms with Gasteiger partial charge in [0.1, 0.15) is 23.1 Å². The van der Waals surface area contributed by atoms with E-state index in [1.807, 2.05) is 0 Å². The summed E-state index contributed by atoms with van der Waals surface area (Å²) in [4.78, 5) is 25.1. The highest BCUT2D eigenvalue weighted by Gasteiger charge is 2.12. The maximum absolute atomic E-state index is 13.1. The molecule has 0 heterocycles. The first-order chi connectivity index (χ1) is 15.0. The lowest BCUT2D eigenvalue weighted by molar-refractivity contribution is 0.103. The van der Waals surface area contributed by atoms with Crippen molar-refractivity contribution in [1.29, 1.82) is 0 Å². The minimum absolute atomic E-state index is 0.224. The molecule has 0 amide bonds. The van der Waals surface area contributed by atoms with Crippen LogP contribution in [0.1, 0.15) is 31.8 Å². The van der Waals surface area contributed by atoms with Gasteiger partial charge in [0.05, 0.1) is 0 Å². The van der Waals surface area contributed by atoms with Gasteiger partial charge in [0.15, 0.2) is 11.6 Å². The fourth-order valence-electron chi connectivity index (χ4n) is 3.05. The third-order valence-electron chi connectivity index (χ3n) is 4.66. The predicted molar refractivity (Wildman–Crippen MR) is 113 cm³/mol. The minimum Gasteiger partial charge on any atom is -0.457 e. The third-order valence-corrected chi connectivity index (χ3v) is 4.66. The van der Waals surface area contributed by atoms with Crippen LogP contribution >= 0.6 is 0 Å². The molecule has 0 aromatic heterocycles. The Morgan fingerprint density at radius 3 is 1.48 bits per heavy atom. The summed E-state index contributed by atoms with van der Waals surface area (Å²) in [6.07, 6.45) is 0. The fraction of sp³-hybridized carbons (Fsp3) is 0. The predicted octanol–water partition coefficient (Wildman–Crippen LogP) is 6.22. The molecular formula is C26H16F2O3. The van der Waals surface area contributed by atoms with E-state index in [0.717, 1.165) is 0 Å². The van der Waals surface area contributed by atoms with Crippen LogP contribution in [-0.4, -0.2) is 11.6 Å². The maximum atomic E-state index is 13.1. The van der Waals surface area contributed by atoms with Crippen molar-refractivity contribution in [3.05, 3.63) is 131 Å². The van der Waals surface area contributed by atoms with Gasteiger partial charge in [-0.05, 0) is 84.9 Å². The van der Waals surface area contributed by atoms with E-state index in [4.69, 9.17) is 4.74 Å². The fourth-order valence-corrected chi connectivity index (χ4v) is 3.05. The van der Waals surface area contributed by atoms with Gasteiger partial charge in [0.25, 0.3) is 0 Å². The van der Waals surface area contributed by atoms with E-state index in [9.17, 15) is 18.4 Å². The second kappa shape index (κ2) is 8.71. The first kappa shape index (κ1) is 20.2. The van der Waals surface area contributed by atoms with Gasteiger partial charge in [0.2, 0.25) is 0 Å². The summed E-state index contributed by atoms with van der Waals surface area (Å²) in [6, 6.07) is 23.9. The zero-order valence-corrected chi connectivity index (χ0v) is 16.2. The Balaban J connectivity index is 1.49. The van der Waals surface area contributed by atoms with Gasteiger partial charge in [-0.15, -0.1) is 0 Å². The van der Waals surface area contributed by atoms with Crippen molar-refractivity contribution in [3.8, 4) is 11.5 Å². The summed E-state index contributed by atoms with van der Waals surface area (Å²) in [7, 11) is 0. The summed E-state index contributed by atoms with van der Waals surface area (Å²) in [5.41, 5.74) is 1.62. The van der Waals surface area contributed by atoms with Crippen LogP contribution in [0.3, 0.4) is 0 Å². The molecule has 0 aliphatic rings. The van der Waals surface area contributed by atoms with E-state index in [2.05, 4.69) is 0 Å². The van der Waals surface area contributed by atoms with Gasteiger partial charge in [-0.2, -0.15) is 0 Å². The molecule has 0 atom stereocenters. The van der Waals surface area contributed by atoms with Crippen molar-refractivity contribution in [2.24, 2.45) is 0 Å². The lowest BCUT2D eigenvalue weighted by atomic mass is 10.0. The summed E-state index contributed by atoms with van der Waals surface area (Å²) in [5.74, 6) is -0.341. The number of ketones is 2. The standard InChI is InChI=1S/C26H16F2O3/c27-21-10-4-17(5-11-21)25(29)19-8-14-23(15-9-19)31-24-3-1-2-20(16-24)26(30)18-6-12-22(28)13-7-18/h1-16H. The van der Waals surface area contributed by atoms with Gasteiger partial charge < -0.3 is 4.74 Å². The summed E-state index contributed by atoms with van der Waals surface area (Å²) >= 11 is 0. The molecule has 0 N–H and O–H groups in total. The van der Waals surface area contributed by atoms with E-state index >= 15 is 0 Å². The monoisotopic (exact) mass is 414 g/mol. The number of benzene rings is 4. The molecular weight excluding hydrogens is 398 g/mol. The molecule has 4 aromatic carbocycles. The van der Waals surface area contributed by atoms with E-state index in [1.165, 1.54) is 48.5 Å². The average Bonchev–Trinajstić information content (AvgIpc) is 2.80. The molecule has 4 aromatic rings. The molecule has 3 nitrogen and oxygen atoms in total. The summed E-state index contributed by atoms with van der Waals surface area (Å²) in [6.45, 7) is 0. The Morgan fingerprint density at radius 2 is 0.968 bits per heavy atom. The Labute approximate surface area is 177 Å². The molecule has 5 heteroatoms. The van der Waals surface area contributed by atoms with Gasteiger partial charge in [-0.25, -0.2) is 8.78 Å². The molecule has 0 radical (unpaired) electrons. The quantitative estimate of drug-likeness (QED) is 0.352. The normalized spacial score (nSPS) is 10.5. The lowest BCUT2D eigenvalue weighted by Crippen LogP contribution is -2.02. The number of hydrogen-bond acceptors (Lipinski definition) is 3. The highest BCUT2D eigenvalue weighted by molar-refractivity contribution is 6.09. The molecule has 0 fully saturated rings. The van der Waals surface area contributed by atoms with Crippen LogP contribution < -0.4 is 4.74 Å². The molecule has 0 saturated heterocycles. The van der Waals surface area contributed by atoms with Crippen molar-refractivity contribution < 1.29 is 23.1 Å². The first-order valence-electron chi connectivity index (χ1n) is 9.48. The molecule has 4 rings (SSSR count). The molecule has 0 aliphatic carbocycles. The highest BCUT2D eigenvalue weighted by Crippen LogP contribution is 2.24. The summed E-state index contributed by atoms with van der Waals surface area (Å²) in [5, 5.41) is 0. The maximum Gasteiger partial charge on any atom is 0.193 e. The smallest absolute Gasteiger partial charge is 0.193 e. The van der Waals surface area contributed by atoms with Crippen LogP contribution in [-0.2, 0) is 0 Å². The van der Waals surface area contributed by atoms with Crippen LogP contribution in [0.4, 0.5) is 8.78 Å². The van der Waals surface area contributed by atoms with Gasteiger partial charge in [0, 0.05) is 22.3 Å². The largest absolute Gasteiger partial charge is 0.457 e.